The predicted molar refractivity (Wildman–Crippen MR) is 76.2 cm³/mol. The molecular weight excluding hydrogens is 276 g/mol. The van der Waals surface area contributed by atoms with Crippen LogP contribution >= 0.6 is 11.3 Å². The number of hydrogen-bond donors (Lipinski definition) is 2. The second kappa shape index (κ2) is 5.83. The minimum atomic E-state index is -1.11. The van der Waals surface area contributed by atoms with Crippen LogP contribution in [0.5, 0.6) is 0 Å². The zero-order valence-corrected chi connectivity index (χ0v) is 12.0. The quantitative estimate of drug-likeness (QED) is 0.906. The van der Waals surface area contributed by atoms with Crippen LogP contribution in [0.2, 0.25) is 0 Å². The zero-order chi connectivity index (χ0) is 14.7. The SMILES string of the molecule is Cc1cc(CNC(=O)c2ccc(C(=O)O)nc2)sc1C. The van der Waals surface area contributed by atoms with Gasteiger partial charge >= 0.3 is 5.97 Å². The zero-order valence-electron chi connectivity index (χ0n) is 11.1. The number of amides is 1. The fraction of sp³-hybridized carbons (Fsp3) is 0.214. The molecular formula is C14H14N2O3S. The highest BCUT2D eigenvalue weighted by Crippen LogP contribution is 2.20. The Hall–Kier alpha value is -2.21. The van der Waals surface area contributed by atoms with Gasteiger partial charge in [0.25, 0.3) is 5.91 Å². The second-order valence-electron chi connectivity index (χ2n) is 4.37. The van der Waals surface area contributed by atoms with Gasteiger partial charge in [-0.05, 0) is 37.6 Å². The van der Waals surface area contributed by atoms with Crippen molar-refractivity contribution >= 4 is 23.2 Å². The first kappa shape index (κ1) is 14.2. The summed E-state index contributed by atoms with van der Waals surface area (Å²) in [7, 11) is 0. The molecule has 0 unspecified atom stereocenters. The average Bonchev–Trinajstić information content (AvgIpc) is 2.75. The third-order valence-corrected chi connectivity index (χ3v) is 4.04. The van der Waals surface area contributed by atoms with E-state index in [9.17, 15) is 9.59 Å². The van der Waals surface area contributed by atoms with Crippen LogP contribution in [0.4, 0.5) is 0 Å². The topological polar surface area (TPSA) is 79.3 Å². The maximum Gasteiger partial charge on any atom is 0.354 e. The molecule has 20 heavy (non-hydrogen) atoms. The lowest BCUT2D eigenvalue weighted by Crippen LogP contribution is -2.22. The van der Waals surface area contributed by atoms with Crippen molar-refractivity contribution in [1.82, 2.24) is 10.3 Å². The van der Waals surface area contributed by atoms with Crippen molar-refractivity contribution in [2.45, 2.75) is 20.4 Å². The van der Waals surface area contributed by atoms with Crippen molar-refractivity contribution < 1.29 is 14.7 Å². The maximum absolute atomic E-state index is 11.9. The highest BCUT2D eigenvalue weighted by molar-refractivity contribution is 7.12. The van der Waals surface area contributed by atoms with E-state index in [1.54, 1.807) is 11.3 Å². The smallest absolute Gasteiger partial charge is 0.354 e. The van der Waals surface area contributed by atoms with Crippen LogP contribution in [0.25, 0.3) is 0 Å². The first-order chi connectivity index (χ1) is 9.47. The Bertz CT molecular complexity index is 627. The lowest BCUT2D eigenvalue weighted by atomic mass is 10.2. The van der Waals surface area contributed by atoms with E-state index in [0.29, 0.717) is 12.1 Å². The Morgan fingerprint density at radius 1 is 1.35 bits per heavy atom. The van der Waals surface area contributed by atoms with Gasteiger partial charge in [-0.25, -0.2) is 9.78 Å². The third kappa shape index (κ3) is 3.21. The van der Waals surface area contributed by atoms with Crippen LogP contribution in [0.1, 0.15) is 36.2 Å². The van der Waals surface area contributed by atoms with E-state index in [1.165, 1.54) is 28.8 Å². The van der Waals surface area contributed by atoms with Crippen molar-refractivity contribution in [3.05, 3.63) is 51.0 Å². The van der Waals surface area contributed by atoms with Crippen molar-refractivity contribution in [3.8, 4) is 0 Å². The summed E-state index contributed by atoms with van der Waals surface area (Å²) in [6, 6.07) is 4.82. The molecule has 2 aromatic rings. The van der Waals surface area contributed by atoms with E-state index in [4.69, 9.17) is 5.11 Å². The number of hydrogen-bond acceptors (Lipinski definition) is 4. The van der Waals surface area contributed by atoms with Gasteiger partial charge < -0.3 is 10.4 Å². The van der Waals surface area contributed by atoms with E-state index >= 15 is 0 Å². The van der Waals surface area contributed by atoms with E-state index in [1.807, 2.05) is 19.9 Å². The summed E-state index contributed by atoms with van der Waals surface area (Å²) in [6.07, 6.45) is 1.27. The Morgan fingerprint density at radius 3 is 2.60 bits per heavy atom. The summed E-state index contributed by atoms with van der Waals surface area (Å²) in [6.45, 7) is 4.53. The lowest BCUT2D eigenvalue weighted by Gasteiger charge is -2.03. The lowest BCUT2D eigenvalue weighted by molar-refractivity contribution is 0.0689. The molecule has 1 amide bonds. The van der Waals surface area contributed by atoms with Gasteiger partial charge in [0, 0.05) is 16.0 Å². The number of thiophene rings is 1. The van der Waals surface area contributed by atoms with Crippen LogP contribution < -0.4 is 5.32 Å². The van der Waals surface area contributed by atoms with E-state index in [2.05, 4.69) is 10.3 Å². The first-order valence-corrected chi connectivity index (χ1v) is 6.82. The number of carbonyl (C=O) groups excluding carboxylic acids is 1. The molecule has 0 atom stereocenters. The molecule has 0 saturated carbocycles. The van der Waals surface area contributed by atoms with Crippen molar-refractivity contribution in [2.24, 2.45) is 0 Å². The van der Waals surface area contributed by atoms with Crippen LogP contribution in [0.3, 0.4) is 0 Å². The molecule has 6 heteroatoms. The number of carboxylic acids is 1. The molecule has 0 aliphatic heterocycles. The Morgan fingerprint density at radius 2 is 2.10 bits per heavy atom. The number of carbonyl (C=O) groups is 2. The fourth-order valence-corrected chi connectivity index (χ4v) is 2.65. The normalized spacial score (nSPS) is 10.3. The standard InChI is InChI=1S/C14H14N2O3S/c1-8-5-11(20-9(8)2)7-16-13(17)10-3-4-12(14(18)19)15-6-10/h3-6H,7H2,1-2H3,(H,16,17)(H,18,19). The molecule has 2 heterocycles. The Labute approximate surface area is 120 Å². The third-order valence-electron chi connectivity index (χ3n) is 2.88. The molecule has 0 aliphatic rings. The molecule has 0 bridgehead atoms. The molecule has 0 aromatic carbocycles. The minimum absolute atomic E-state index is 0.0777. The summed E-state index contributed by atoms with van der Waals surface area (Å²) < 4.78 is 0. The number of aromatic carboxylic acids is 1. The molecule has 2 N–H and O–H groups in total. The number of pyridine rings is 1. The summed E-state index contributed by atoms with van der Waals surface area (Å²) >= 11 is 1.65. The first-order valence-electron chi connectivity index (χ1n) is 6.01. The molecule has 0 spiro atoms. The Balaban J connectivity index is 1.99. The molecule has 0 aliphatic carbocycles. The number of aryl methyl sites for hydroxylation is 2. The molecule has 2 rings (SSSR count). The number of nitrogens with one attached hydrogen (secondary N) is 1. The van der Waals surface area contributed by atoms with Gasteiger partial charge in [0.1, 0.15) is 5.69 Å². The maximum atomic E-state index is 11.9. The van der Waals surface area contributed by atoms with Crippen LogP contribution in [0, 0.1) is 13.8 Å². The highest BCUT2D eigenvalue weighted by atomic mass is 32.1. The van der Waals surface area contributed by atoms with Gasteiger partial charge in [-0.15, -0.1) is 11.3 Å². The van der Waals surface area contributed by atoms with Gasteiger partial charge in [-0.3, -0.25) is 4.79 Å². The van der Waals surface area contributed by atoms with Crippen molar-refractivity contribution in [2.75, 3.05) is 0 Å². The molecule has 2 aromatic heterocycles. The van der Waals surface area contributed by atoms with Crippen molar-refractivity contribution in [1.29, 1.82) is 0 Å². The second-order valence-corrected chi connectivity index (χ2v) is 5.71. The number of aromatic nitrogens is 1. The van der Waals surface area contributed by atoms with Gasteiger partial charge in [0.2, 0.25) is 0 Å². The van der Waals surface area contributed by atoms with Gasteiger partial charge in [-0.1, -0.05) is 0 Å². The summed E-state index contributed by atoms with van der Waals surface area (Å²) in [5.74, 6) is -1.38. The fourth-order valence-electron chi connectivity index (χ4n) is 1.66. The van der Waals surface area contributed by atoms with E-state index in [-0.39, 0.29) is 11.6 Å². The number of rotatable bonds is 4. The van der Waals surface area contributed by atoms with Crippen LogP contribution in [-0.2, 0) is 6.54 Å². The average molecular weight is 290 g/mol. The molecule has 5 nitrogen and oxygen atoms in total. The van der Waals surface area contributed by atoms with Gasteiger partial charge in [0.05, 0.1) is 12.1 Å². The number of nitrogens with zero attached hydrogens (tertiary/aromatic N) is 1. The monoisotopic (exact) mass is 290 g/mol. The summed E-state index contributed by atoms with van der Waals surface area (Å²) in [5.41, 5.74) is 1.48. The van der Waals surface area contributed by atoms with E-state index in [0.717, 1.165) is 4.88 Å². The summed E-state index contributed by atoms with van der Waals surface area (Å²) in [4.78, 5) is 28.6. The minimum Gasteiger partial charge on any atom is -0.477 e. The predicted octanol–water partition coefficient (Wildman–Crippen LogP) is 2.39. The summed E-state index contributed by atoms with van der Waals surface area (Å²) in [5, 5.41) is 11.5. The largest absolute Gasteiger partial charge is 0.477 e. The highest BCUT2D eigenvalue weighted by Gasteiger charge is 2.09. The molecule has 0 saturated heterocycles. The van der Waals surface area contributed by atoms with Crippen molar-refractivity contribution in [3.63, 3.8) is 0 Å². The van der Waals surface area contributed by atoms with Crippen LogP contribution in [-0.4, -0.2) is 22.0 Å². The van der Waals surface area contributed by atoms with E-state index < -0.39 is 5.97 Å². The van der Waals surface area contributed by atoms with Gasteiger partial charge in [-0.2, -0.15) is 0 Å². The number of carboxylic acid groups (broad SMARTS) is 1. The van der Waals surface area contributed by atoms with Gasteiger partial charge in [0.15, 0.2) is 0 Å². The molecule has 0 radical (unpaired) electrons. The molecule has 0 fully saturated rings. The van der Waals surface area contributed by atoms with Crippen LogP contribution in [0.15, 0.2) is 24.4 Å². The molecule has 104 valence electrons. The Kier molecular flexibility index (Phi) is 4.14.